The third-order valence-electron chi connectivity index (χ3n) is 4.57. The smallest absolute Gasteiger partial charge is 0.306 e. The van der Waals surface area contributed by atoms with Crippen LogP contribution in [0.4, 0.5) is 0 Å². The Morgan fingerprint density at radius 3 is 2.00 bits per heavy atom. The predicted molar refractivity (Wildman–Crippen MR) is 69.5 cm³/mol. The van der Waals surface area contributed by atoms with Crippen molar-refractivity contribution in [1.82, 2.24) is 4.90 Å². The molecule has 0 atom stereocenters. The molecule has 0 radical (unpaired) electrons. The number of hydrogen-bond donors (Lipinski definition) is 2. The number of carbonyl (C=O) groups is 2. The van der Waals surface area contributed by atoms with Crippen LogP contribution >= 0.6 is 0 Å². The highest BCUT2D eigenvalue weighted by atomic mass is 16.4. The van der Waals surface area contributed by atoms with Gasteiger partial charge in [0.05, 0.1) is 12.5 Å². The van der Waals surface area contributed by atoms with Crippen molar-refractivity contribution in [1.29, 1.82) is 0 Å². The molecule has 19 heavy (non-hydrogen) atoms. The summed E-state index contributed by atoms with van der Waals surface area (Å²) in [4.78, 5) is 25.2. The highest BCUT2D eigenvalue weighted by Gasteiger charge is 2.35. The van der Waals surface area contributed by atoms with Crippen molar-refractivity contribution in [2.45, 2.75) is 51.0 Å². The molecule has 0 unspecified atom stereocenters. The minimum absolute atomic E-state index is 0.00666. The van der Waals surface area contributed by atoms with Crippen molar-refractivity contribution in [3.63, 3.8) is 0 Å². The van der Waals surface area contributed by atoms with Crippen molar-refractivity contribution >= 4 is 11.9 Å². The molecule has 1 amide bonds. The molecule has 0 bridgehead atoms. The van der Waals surface area contributed by atoms with Crippen molar-refractivity contribution < 1.29 is 19.8 Å². The summed E-state index contributed by atoms with van der Waals surface area (Å²) in [5.74, 6) is -0.929. The molecular weight excluding hydrogens is 246 g/mol. The number of aliphatic carboxylic acids is 1. The van der Waals surface area contributed by atoms with Gasteiger partial charge in [-0.1, -0.05) is 0 Å². The molecule has 2 N–H and O–H groups in total. The number of rotatable bonds is 5. The molecule has 0 spiro atoms. The Morgan fingerprint density at radius 2 is 1.58 bits per heavy atom. The van der Waals surface area contributed by atoms with Crippen LogP contribution in [0.1, 0.15) is 44.9 Å². The molecule has 2 rings (SSSR count). The van der Waals surface area contributed by atoms with Crippen molar-refractivity contribution in [3.05, 3.63) is 0 Å². The Bertz CT molecular complexity index is 332. The number of carboxylic acid groups (broad SMARTS) is 1. The number of nitrogens with zero attached hydrogens (tertiary/aromatic N) is 1. The zero-order valence-corrected chi connectivity index (χ0v) is 11.3. The van der Waals surface area contributed by atoms with E-state index in [-0.39, 0.29) is 24.3 Å². The van der Waals surface area contributed by atoms with Gasteiger partial charge in [0.25, 0.3) is 0 Å². The molecule has 108 valence electrons. The fourth-order valence-corrected chi connectivity index (χ4v) is 3.10. The lowest BCUT2D eigenvalue weighted by Crippen LogP contribution is -2.48. The Hall–Kier alpha value is -1.10. The number of aliphatic hydroxyl groups is 1. The van der Waals surface area contributed by atoms with E-state index >= 15 is 0 Å². The van der Waals surface area contributed by atoms with Crippen LogP contribution in [-0.2, 0) is 9.59 Å². The van der Waals surface area contributed by atoms with Gasteiger partial charge < -0.3 is 15.1 Å². The van der Waals surface area contributed by atoms with E-state index in [1.54, 1.807) is 0 Å². The summed E-state index contributed by atoms with van der Waals surface area (Å²) in [6.07, 6.45) is 5.78. The average Bonchev–Trinajstić information content (AvgIpc) is 2.35. The van der Waals surface area contributed by atoms with Crippen LogP contribution in [0.3, 0.4) is 0 Å². The predicted octanol–water partition coefficient (Wildman–Crippen LogP) is 1.25. The van der Waals surface area contributed by atoms with Gasteiger partial charge in [-0.3, -0.25) is 9.59 Å². The maximum absolute atomic E-state index is 12.5. The fourth-order valence-electron chi connectivity index (χ4n) is 3.10. The first-order valence-corrected chi connectivity index (χ1v) is 7.27. The van der Waals surface area contributed by atoms with E-state index in [1.165, 1.54) is 0 Å². The van der Waals surface area contributed by atoms with E-state index in [9.17, 15) is 9.59 Å². The summed E-state index contributed by atoms with van der Waals surface area (Å²) in [7, 11) is 0. The lowest BCUT2D eigenvalue weighted by molar-refractivity contribution is -0.147. The first-order chi connectivity index (χ1) is 9.13. The maximum atomic E-state index is 12.5. The normalized spacial score (nSPS) is 27.6. The van der Waals surface area contributed by atoms with Crippen LogP contribution in [0.2, 0.25) is 0 Å². The van der Waals surface area contributed by atoms with E-state index in [0.29, 0.717) is 38.3 Å². The number of carbonyl (C=O) groups excluding carboxylic acids is 1. The van der Waals surface area contributed by atoms with Gasteiger partial charge in [-0.2, -0.15) is 0 Å². The molecule has 0 aliphatic heterocycles. The zero-order valence-electron chi connectivity index (χ0n) is 11.3. The van der Waals surface area contributed by atoms with E-state index in [4.69, 9.17) is 10.2 Å². The Kier molecular flexibility index (Phi) is 4.80. The van der Waals surface area contributed by atoms with E-state index in [0.717, 1.165) is 19.3 Å². The van der Waals surface area contributed by atoms with Gasteiger partial charge in [0.2, 0.25) is 5.91 Å². The third kappa shape index (κ3) is 3.26. The second kappa shape index (κ2) is 6.37. The van der Waals surface area contributed by atoms with E-state index < -0.39 is 5.97 Å². The Balaban J connectivity index is 1.89. The van der Waals surface area contributed by atoms with Gasteiger partial charge >= 0.3 is 5.97 Å². The van der Waals surface area contributed by atoms with Crippen molar-refractivity contribution in [2.24, 2.45) is 11.8 Å². The number of hydrogen-bond acceptors (Lipinski definition) is 3. The summed E-state index contributed by atoms with van der Waals surface area (Å²) < 4.78 is 0. The summed E-state index contributed by atoms with van der Waals surface area (Å²) in [5.41, 5.74) is 0. The molecular formula is C14H23NO4. The SMILES string of the molecule is O=C(O)C1CCC(C(=O)N(CCO)C2CCC2)CC1. The van der Waals surface area contributed by atoms with Crippen LogP contribution in [0.25, 0.3) is 0 Å². The molecule has 5 heteroatoms. The molecule has 0 heterocycles. The average molecular weight is 269 g/mol. The maximum Gasteiger partial charge on any atom is 0.306 e. The quantitative estimate of drug-likeness (QED) is 0.787. The molecule has 0 aromatic heterocycles. The summed E-state index contributed by atoms with van der Waals surface area (Å²) in [6.45, 7) is 0.426. The van der Waals surface area contributed by atoms with Gasteiger partial charge in [0.15, 0.2) is 0 Å². The molecule has 2 fully saturated rings. The second-order valence-corrected chi connectivity index (χ2v) is 5.73. The van der Waals surface area contributed by atoms with Crippen LogP contribution in [0.5, 0.6) is 0 Å². The van der Waals surface area contributed by atoms with E-state index in [1.807, 2.05) is 4.90 Å². The Labute approximate surface area is 113 Å². The van der Waals surface area contributed by atoms with Crippen LogP contribution in [0, 0.1) is 11.8 Å². The molecule has 0 aromatic rings. The first kappa shape index (κ1) is 14.3. The topological polar surface area (TPSA) is 77.8 Å². The molecule has 5 nitrogen and oxygen atoms in total. The minimum Gasteiger partial charge on any atom is -0.481 e. The fraction of sp³-hybridized carbons (Fsp3) is 0.857. The van der Waals surface area contributed by atoms with Gasteiger partial charge in [-0.25, -0.2) is 0 Å². The summed E-state index contributed by atoms with van der Waals surface area (Å²) >= 11 is 0. The molecule has 0 aromatic carbocycles. The molecule has 2 saturated carbocycles. The third-order valence-corrected chi connectivity index (χ3v) is 4.57. The number of aliphatic hydroxyl groups excluding tert-OH is 1. The highest BCUT2D eigenvalue weighted by molar-refractivity contribution is 5.80. The largest absolute Gasteiger partial charge is 0.481 e. The zero-order chi connectivity index (χ0) is 13.8. The summed E-state index contributed by atoms with van der Waals surface area (Å²) in [6, 6.07) is 0.303. The van der Waals surface area contributed by atoms with E-state index in [2.05, 4.69) is 0 Å². The van der Waals surface area contributed by atoms with Gasteiger partial charge in [0, 0.05) is 18.5 Å². The Morgan fingerprint density at radius 1 is 1.00 bits per heavy atom. The first-order valence-electron chi connectivity index (χ1n) is 7.27. The van der Waals surface area contributed by atoms with Crippen LogP contribution in [-0.4, -0.2) is 46.2 Å². The molecule has 2 aliphatic carbocycles. The number of amides is 1. The second-order valence-electron chi connectivity index (χ2n) is 5.73. The summed E-state index contributed by atoms with van der Waals surface area (Å²) in [5, 5.41) is 18.1. The highest BCUT2D eigenvalue weighted by Crippen LogP contribution is 2.33. The lowest BCUT2D eigenvalue weighted by Gasteiger charge is -2.40. The molecule has 2 aliphatic rings. The number of carboxylic acids is 1. The van der Waals surface area contributed by atoms with Crippen LogP contribution < -0.4 is 0 Å². The molecule has 0 saturated heterocycles. The minimum atomic E-state index is -0.739. The van der Waals surface area contributed by atoms with Crippen molar-refractivity contribution in [2.75, 3.05) is 13.2 Å². The van der Waals surface area contributed by atoms with Crippen LogP contribution in [0.15, 0.2) is 0 Å². The van der Waals surface area contributed by atoms with Gasteiger partial charge in [0.1, 0.15) is 0 Å². The van der Waals surface area contributed by atoms with Gasteiger partial charge in [-0.15, -0.1) is 0 Å². The van der Waals surface area contributed by atoms with Crippen molar-refractivity contribution in [3.8, 4) is 0 Å². The standard InChI is InChI=1S/C14H23NO4/c16-9-8-15(12-2-1-3-12)13(17)10-4-6-11(7-5-10)14(18)19/h10-12,16H,1-9H2,(H,18,19). The monoisotopic (exact) mass is 269 g/mol. The lowest BCUT2D eigenvalue weighted by atomic mass is 9.80. The van der Waals surface area contributed by atoms with Gasteiger partial charge in [-0.05, 0) is 44.9 Å².